The minimum Gasteiger partial charge on any atom is -0.481 e. The Kier molecular flexibility index (Phi) is 5.02. The van der Waals surface area contributed by atoms with Crippen LogP contribution in [0.2, 0.25) is 0 Å². The van der Waals surface area contributed by atoms with Crippen molar-refractivity contribution in [1.82, 2.24) is 19.4 Å². The molecule has 4 N–H and O–H groups in total. The van der Waals surface area contributed by atoms with Crippen LogP contribution in [0.1, 0.15) is 18.4 Å². The molecule has 158 valence electrons. The van der Waals surface area contributed by atoms with Gasteiger partial charge in [0.15, 0.2) is 0 Å². The van der Waals surface area contributed by atoms with Crippen molar-refractivity contribution >= 4 is 22.7 Å². The Bertz CT molecular complexity index is 1220. The normalized spacial score (nSPS) is 15.8. The predicted octanol–water partition coefficient (Wildman–Crippen LogP) is -0.299. The lowest BCUT2D eigenvalue weighted by atomic mass is 9.97. The van der Waals surface area contributed by atoms with Crippen molar-refractivity contribution in [2.45, 2.75) is 26.3 Å². The van der Waals surface area contributed by atoms with Gasteiger partial charge in [0, 0.05) is 24.8 Å². The van der Waals surface area contributed by atoms with Crippen LogP contribution >= 0.6 is 0 Å². The van der Waals surface area contributed by atoms with Gasteiger partial charge >= 0.3 is 22.9 Å². The monoisotopic (exact) mass is 413 g/mol. The number of nitrogens with two attached hydrogens (primary N) is 1. The molecule has 4 rings (SSSR count). The molecule has 1 saturated heterocycles. The van der Waals surface area contributed by atoms with Crippen LogP contribution in [0, 0.1) is 12.8 Å². The van der Waals surface area contributed by atoms with Crippen LogP contribution in [-0.2, 0) is 18.4 Å². The summed E-state index contributed by atoms with van der Waals surface area (Å²) in [7, 11) is 1.77. The van der Waals surface area contributed by atoms with Gasteiger partial charge in [0.2, 0.25) is 11.3 Å². The molecule has 3 aliphatic heterocycles. The number of piperidine rings is 1. The van der Waals surface area contributed by atoms with Crippen molar-refractivity contribution in [1.29, 1.82) is 0 Å². The summed E-state index contributed by atoms with van der Waals surface area (Å²) in [5.41, 5.74) is 8.39. The van der Waals surface area contributed by atoms with Crippen molar-refractivity contribution in [3.05, 3.63) is 38.5 Å². The zero-order valence-corrected chi connectivity index (χ0v) is 17.0. The van der Waals surface area contributed by atoms with Gasteiger partial charge in [0.25, 0.3) is 0 Å². The molecule has 0 aromatic heterocycles. The maximum Gasteiger partial charge on any atom is 0.350 e. The van der Waals surface area contributed by atoms with Crippen LogP contribution in [-0.4, -0.2) is 50.1 Å². The number of rotatable bonds is 4. The lowest BCUT2D eigenvalue weighted by Gasteiger charge is -2.30. The number of nitrogens with zero attached hydrogens (tertiary/aromatic N) is 4. The fourth-order valence-electron chi connectivity index (χ4n) is 4.21. The van der Waals surface area contributed by atoms with Gasteiger partial charge in [0.1, 0.15) is 12.6 Å². The molecule has 0 saturated carbocycles. The molecule has 1 aromatic carbocycles. The van der Waals surface area contributed by atoms with Gasteiger partial charge in [-0.2, -0.15) is 9.55 Å². The molecule has 0 radical (unpaired) electrons. The van der Waals surface area contributed by atoms with Crippen molar-refractivity contribution in [2.75, 3.05) is 25.4 Å². The maximum atomic E-state index is 12.6. The number of carbonyl (C=O) groups is 1. The van der Waals surface area contributed by atoms with Crippen LogP contribution < -0.4 is 21.5 Å². The zero-order chi connectivity index (χ0) is 21.6. The number of hydrogen-bond donors (Lipinski definition) is 3. The summed E-state index contributed by atoms with van der Waals surface area (Å²) < 4.78 is 3.59. The first-order chi connectivity index (χ1) is 14.3. The molecule has 0 atom stereocenters. The number of carboxylic acids is 1. The molecule has 1 fully saturated rings. The third-order valence-corrected chi connectivity index (χ3v) is 6.04. The average molecular weight is 413 g/mol. The van der Waals surface area contributed by atoms with Crippen LogP contribution in [0.25, 0.3) is 22.6 Å². The van der Waals surface area contributed by atoms with E-state index in [9.17, 15) is 19.5 Å². The molecule has 1 aromatic rings. The first-order valence-corrected chi connectivity index (χ1v) is 9.94. The minimum absolute atomic E-state index is 0.294. The summed E-state index contributed by atoms with van der Waals surface area (Å²) in [6.45, 7) is 4.42. The average Bonchev–Trinajstić information content (AvgIpc) is 2.69. The van der Waals surface area contributed by atoms with E-state index in [1.165, 1.54) is 0 Å². The number of H-pyrrole nitrogens is 1. The second-order valence-corrected chi connectivity index (χ2v) is 7.91. The lowest BCUT2D eigenvalue weighted by Crippen LogP contribution is -2.44. The molecule has 3 aliphatic rings. The number of aromatic amines is 1. The molecule has 0 bridgehead atoms. The minimum atomic E-state index is -0.742. The van der Waals surface area contributed by atoms with Crippen LogP contribution in [0.3, 0.4) is 0 Å². The zero-order valence-electron chi connectivity index (χ0n) is 17.0. The largest absolute Gasteiger partial charge is 0.481 e. The number of benzene rings is 1. The summed E-state index contributed by atoms with van der Waals surface area (Å²) in [4.78, 5) is 44.2. The van der Waals surface area contributed by atoms with E-state index in [2.05, 4.69) is 14.9 Å². The summed E-state index contributed by atoms with van der Waals surface area (Å²) in [6.07, 6.45) is 1.22. The molecule has 10 nitrogen and oxygen atoms in total. The predicted molar refractivity (Wildman–Crippen MR) is 110 cm³/mol. The maximum absolute atomic E-state index is 12.6. The number of nitrogens with one attached hydrogen (secondary N) is 1. The Morgan fingerprint density at radius 1 is 1.30 bits per heavy atom. The SMILES string of the molecule is Cc1cc2c(cc1N)n(CCN1CCC(C(=O)O)CC1)c1nc(=O)[nH]c(=O)c-1[n+]2C. The molecule has 30 heavy (non-hydrogen) atoms. The fourth-order valence-corrected chi connectivity index (χ4v) is 4.21. The van der Waals surface area contributed by atoms with E-state index in [4.69, 9.17) is 5.73 Å². The van der Waals surface area contributed by atoms with Gasteiger partial charge in [-0.05, 0) is 44.5 Å². The highest BCUT2D eigenvalue weighted by Crippen LogP contribution is 2.24. The number of fused-ring (bicyclic) bond motifs is 2. The Labute approximate surface area is 171 Å². The van der Waals surface area contributed by atoms with E-state index in [1.807, 2.05) is 23.6 Å². The molecule has 0 aliphatic carbocycles. The van der Waals surface area contributed by atoms with Gasteiger partial charge < -0.3 is 20.3 Å². The van der Waals surface area contributed by atoms with E-state index in [0.29, 0.717) is 56.2 Å². The number of aliphatic carboxylic acids is 1. The summed E-state index contributed by atoms with van der Waals surface area (Å²) in [6, 6.07) is 3.76. The van der Waals surface area contributed by atoms with E-state index >= 15 is 0 Å². The molecule has 0 spiro atoms. The number of aryl methyl sites for hydroxylation is 2. The standard InChI is InChI=1S/C20H24N6O4/c1-11-9-14-15(10-13(11)21)26(8-7-25-5-3-12(4-6-25)19(28)29)17-16(24(14)2)18(27)23-20(30)22-17/h9-10,12H,3-8H2,1-2H3,(H3-,21,22,23,27,28,29,30)/p+1. The van der Waals surface area contributed by atoms with Gasteiger partial charge in [-0.15, -0.1) is 0 Å². The van der Waals surface area contributed by atoms with Gasteiger partial charge in [-0.1, -0.05) is 0 Å². The van der Waals surface area contributed by atoms with E-state index in [0.717, 1.165) is 16.6 Å². The highest BCUT2D eigenvalue weighted by molar-refractivity contribution is 5.80. The molecular formula is C20H25N6O4+. The number of hydrogen-bond acceptors (Lipinski definition) is 6. The molecule has 10 heteroatoms. The number of carboxylic acid groups (broad SMARTS) is 1. The summed E-state index contributed by atoms with van der Waals surface area (Å²) in [5.74, 6) is -0.728. The number of likely N-dealkylation sites (tertiary alicyclic amines) is 1. The highest BCUT2D eigenvalue weighted by atomic mass is 16.4. The van der Waals surface area contributed by atoms with Crippen LogP contribution in [0.4, 0.5) is 5.69 Å². The third kappa shape index (κ3) is 3.43. The van der Waals surface area contributed by atoms with Crippen molar-refractivity contribution < 1.29 is 14.5 Å². The Balaban J connectivity index is 1.78. The van der Waals surface area contributed by atoms with Gasteiger partial charge in [-0.25, -0.2) is 4.79 Å². The topological polar surface area (TPSA) is 138 Å². The second-order valence-electron chi connectivity index (χ2n) is 7.91. The number of aromatic nitrogens is 4. The van der Waals surface area contributed by atoms with Gasteiger partial charge in [0.05, 0.1) is 5.92 Å². The first-order valence-electron chi connectivity index (χ1n) is 9.94. The molecule has 0 unspecified atom stereocenters. The summed E-state index contributed by atoms with van der Waals surface area (Å²) >= 11 is 0. The second kappa shape index (κ2) is 7.52. The Hall–Kier alpha value is -3.27. The Morgan fingerprint density at radius 3 is 2.67 bits per heavy atom. The van der Waals surface area contributed by atoms with Crippen molar-refractivity contribution in [3.8, 4) is 11.5 Å². The third-order valence-electron chi connectivity index (χ3n) is 6.04. The highest BCUT2D eigenvalue weighted by Gasteiger charge is 2.29. The van der Waals surface area contributed by atoms with E-state index in [1.54, 1.807) is 11.6 Å². The molecular weight excluding hydrogens is 388 g/mol. The Morgan fingerprint density at radius 2 is 2.00 bits per heavy atom. The smallest absolute Gasteiger partial charge is 0.350 e. The fraction of sp³-hybridized carbons (Fsp3) is 0.450. The van der Waals surface area contributed by atoms with Gasteiger partial charge in [-0.3, -0.25) is 14.6 Å². The quantitative estimate of drug-likeness (QED) is 0.303. The van der Waals surface area contributed by atoms with Crippen LogP contribution in [0.15, 0.2) is 21.7 Å². The molecule has 0 amide bonds. The lowest BCUT2D eigenvalue weighted by molar-refractivity contribution is -0.635. The summed E-state index contributed by atoms with van der Waals surface area (Å²) in [5, 5.41) is 9.19. The number of nitrogen functional groups attached to an aromatic ring is 1. The van der Waals surface area contributed by atoms with E-state index in [-0.39, 0.29) is 5.92 Å². The molecule has 3 heterocycles. The first kappa shape index (κ1) is 20.0. The van der Waals surface area contributed by atoms with Crippen molar-refractivity contribution in [2.24, 2.45) is 13.0 Å². The van der Waals surface area contributed by atoms with Crippen molar-refractivity contribution in [3.63, 3.8) is 0 Å². The van der Waals surface area contributed by atoms with E-state index < -0.39 is 17.2 Å². The number of anilines is 1. The van der Waals surface area contributed by atoms with Crippen LogP contribution in [0.5, 0.6) is 0 Å².